The van der Waals surface area contributed by atoms with Crippen molar-refractivity contribution in [2.75, 3.05) is 18.1 Å². The molecule has 1 aliphatic heterocycles. The molecule has 0 spiro atoms. The second-order valence-electron chi connectivity index (χ2n) is 4.32. The molecule has 0 saturated carbocycles. The molecule has 18 heavy (non-hydrogen) atoms. The quantitative estimate of drug-likeness (QED) is 0.805. The van der Waals surface area contributed by atoms with Crippen molar-refractivity contribution in [2.24, 2.45) is 0 Å². The van der Waals surface area contributed by atoms with Crippen molar-refractivity contribution in [3.8, 4) is 0 Å². The normalized spacial score (nSPS) is 22.0. The third-order valence-electron chi connectivity index (χ3n) is 2.99. The summed E-state index contributed by atoms with van der Waals surface area (Å²) < 4.78 is 26.6. The Morgan fingerprint density at radius 2 is 2.06 bits per heavy atom. The summed E-state index contributed by atoms with van der Waals surface area (Å²) in [6.45, 7) is 2.54. The first-order valence-corrected chi connectivity index (χ1v) is 8.93. The summed E-state index contributed by atoms with van der Waals surface area (Å²) in [6.07, 6.45) is 0. The minimum atomic E-state index is -3.36. The summed E-state index contributed by atoms with van der Waals surface area (Å²) in [4.78, 5) is 0.357. The Balaban J connectivity index is 2.28. The summed E-state index contributed by atoms with van der Waals surface area (Å²) in [6, 6.07) is 6.87. The van der Waals surface area contributed by atoms with Crippen LogP contribution in [0, 0.1) is 0 Å². The van der Waals surface area contributed by atoms with Crippen molar-refractivity contribution in [3.05, 3.63) is 29.8 Å². The predicted molar refractivity (Wildman–Crippen MR) is 76.7 cm³/mol. The van der Waals surface area contributed by atoms with E-state index in [4.69, 9.17) is 11.6 Å². The van der Waals surface area contributed by atoms with Gasteiger partial charge in [-0.3, -0.25) is 0 Å². The number of thioether (sulfide) groups is 1. The lowest BCUT2D eigenvalue weighted by molar-refractivity contribution is 0.367. The Hall–Kier alpha value is -0.230. The van der Waals surface area contributed by atoms with E-state index in [1.807, 2.05) is 6.92 Å². The molecule has 1 atom stereocenters. The zero-order chi connectivity index (χ0) is 13.2. The predicted octanol–water partition coefficient (Wildman–Crippen LogP) is 2.55. The molecule has 6 heteroatoms. The standard InChI is InChI=1S/C12H16ClNO2S2/c1-10-9-17-7-6-14(10)18(15,16)12-4-2-11(8-13)3-5-12/h2-5,10H,6-9H2,1H3. The van der Waals surface area contributed by atoms with Gasteiger partial charge in [0.2, 0.25) is 10.0 Å². The van der Waals surface area contributed by atoms with Crippen molar-refractivity contribution in [2.45, 2.75) is 23.7 Å². The molecule has 3 nitrogen and oxygen atoms in total. The number of rotatable bonds is 3. The Morgan fingerprint density at radius 1 is 1.39 bits per heavy atom. The largest absolute Gasteiger partial charge is 0.243 e. The van der Waals surface area contributed by atoms with Gasteiger partial charge in [-0.25, -0.2) is 8.42 Å². The minimum Gasteiger partial charge on any atom is -0.207 e. The molecule has 1 heterocycles. The minimum absolute atomic E-state index is 0.0569. The molecule has 2 rings (SSSR count). The van der Waals surface area contributed by atoms with Gasteiger partial charge in [-0.1, -0.05) is 12.1 Å². The highest BCUT2D eigenvalue weighted by Crippen LogP contribution is 2.24. The number of sulfonamides is 1. The van der Waals surface area contributed by atoms with Gasteiger partial charge >= 0.3 is 0 Å². The first-order chi connectivity index (χ1) is 8.55. The fourth-order valence-corrected chi connectivity index (χ4v) is 4.99. The maximum absolute atomic E-state index is 12.5. The van der Waals surface area contributed by atoms with Crippen LogP contribution >= 0.6 is 23.4 Å². The van der Waals surface area contributed by atoms with Crippen LogP contribution < -0.4 is 0 Å². The van der Waals surface area contributed by atoms with E-state index < -0.39 is 10.0 Å². The van der Waals surface area contributed by atoms with Crippen LogP contribution in [-0.2, 0) is 15.9 Å². The maximum Gasteiger partial charge on any atom is 0.243 e. The van der Waals surface area contributed by atoms with Gasteiger partial charge < -0.3 is 0 Å². The number of halogens is 1. The zero-order valence-electron chi connectivity index (χ0n) is 10.2. The van der Waals surface area contributed by atoms with E-state index in [-0.39, 0.29) is 6.04 Å². The first kappa shape index (κ1) is 14.2. The van der Waals surface area contributed by atoms with Crippen molar-refractivity contribution in [1.82, 2.24) is 4.31 Å². The molecule has 1 fully saturated rings. The highest BCUT2D eigenvalue weighted by Gasteiger charge is 2.30. The van der Waals surface area contributed by atoms with E-state index in [2.05, 4.69) is 0 Å². The number of nitrogens with zero attached hydrogens (tertiary/aromatic N) is 1. The Morgan fingerprint density at radius 3 is 2.61 bits per heavy atom. The lowest BCUT2D eigenvalue weighted by Crippen LogP contribution is -2.44. The van der Waals surface area contributed by atoms with Gasteiger partial charge in [0.25, 0.3) is 0 Å². The Kier molecular flexibility index (Phi) is 4.59. The number of benzene rings is 1. The molecule has 1 unspecified atom stereocenters. The maximum atomic E-state index is 12.5. The SMILES string of the molecule is CC1CSCCN1S(=O)(=O)c1ccc(CCl)cc1. The van der Waals surface area contributed by atoms with Crippen LogP contribution in [0.2, 0.25) is 0 Å². The lowest BCUT2D eigenvalue weighted by Gasteiger charge is -2.31. The van der Waals surface area contributed by atoms with Crippen molar-refractivity contribution < 1.29 is 8.42 Å². The summed E-state index contributed by atoms with van der Waals surface area (Å²) in [5.74, 6) is 2.12. The fraction of sp³-hybridized carbons (Fsp3) is 0.500. The second kappa shape index (κ2) is 5.82. The van der Waals surface area contributed by atoms with E-state index in [0.717, 1.165) is 17.1 Å². The summed E-state index contributed by atoms with van der Waals surface area (Å²) in [5, 5.41) is 0. The van der Waals surface area contributed by atoms with Crippen LogP contribution in [0.3, 0.4) is 0 Å². The molecule has 0 N–H and O–H groups in total. The molecule has 1 aromatic rings. The molecule has 0 radical (unpaired) electrons. The van der Waals surface area contributed by atoms with E-state index in [1.165, 1.54) is 0 Å². The van der Waals surface area contributed by atoms with Crippen molar-refractivity contribution in [3.63, 3.8) is 0 Å². The van der Waals surface area contributed by atoms with Gasteiger partial charge in [-0.2, -0.15) is 16.1 Å². The number of hydrogen-bond donors (Lipinski definition) is 0. The Bertz CT molecular complexity index is 501. The van der Waals surface area contributed by atoms with Crippen LogP contribution in [0.1, 0.15) is 12.5 Å². The topological polar surface area (TPSA) is 37.4 Å². The molecule has 1 saturated heterocycles. The average Bonchev–Trinajstić information content (AvgIpc) is 2.39. The summed E-state index contributed by atoms with van der Waals surface area (Å²) in [5.41, 5.74) is 0.929. The van der Waals surface area contributed by atoms with Gasteiger partial charge in [0, 0.05) is 30.0 Å². The van der Waals surface area contributed by atoms with Crippen LogP contribution in [0.25, 0.3) is 0 Å². The lowest BCUT2D eigenvalue weighted by atomic mass is 10.2. The van der Waals surface area contributed by atoms with Gasteiger partial charge in [-0.05, 0) is 24.6 Å². The second-order valence-corrected chi connectivity index (χ2v) is 7.62. The van der Waals surface area contributed by atoms with E-state index in [0.29, 0.717) is 17.3 Å². The molecule has 1 aliphatic rings. The Labute approximate surface area is 118 Å². The number of alkyl halides is 1. The molecule has 1 aromatic carbocycles. The third kappa shape index (κ3) is 2.85. The number of hydrogen-bond acceptors (Lipinski definition) is 3. The molecular weight excluding hydrogens is 290 g/mol. The molecule has 0 bridgehead atoms. The zero-order valence-corrected chi connectivity index (χ0v) is 12.6. The van der Waals surface area contributed by atoms with Crippen LogP contribution in [0.15, 0.2) is 29.2 Å². The average molecular weight is 306 g/mol. The molecule has 0 aromatic heterocycles. The van der Waals surface area contributed by atoms with Crippen molar-refractivity contribution in [1.29, 1.82) is 0 Å². The van der Waals surface area contributed by atoms with Gasteiger partial charge in [0.05, 0.1) is 4.90 Å². The van der Waals surface area contributed by atoms with Crippen LogP contribution in [-0.4, -0.2) is 36.8 Å². The highest BCUT2D eigenvalue weighted by atomic mass is 35.5. The van der Waals surface area contributed by atoms with Gasteiger partial charge in [-0.15, -0.1) is 11.6 Å². The molecule has 0 aliphatic carbocycles. The van der Waals surface area contributed by atoms with E-state index in [9.17, 15) is 8.42 Å². The van der Waals surface area contributed by atoms with E-state index in [1.54, 1.807) is 40.3 Å². The molecule has 0 amide bonds. The van der Waals surface area contributed by atoms with Gasteiger partial charge in [0.1, 0.15) is 0 Å². The third-order valence-corrected chi connectivity index (χ3v) is 6.52. The monoisotopic (exact) mass is 305 g/mol. The van der Waals surface area contributed by atoms with Crippen molar-refractivity contribution >= 4 is 33.4 Å². The fourth-order valence-electron chi connectivity index (χ4n) is 1.95. The van der Waals surface area contributed by atoms with Crippen LogP contribution in [0.4, 0.5) is 0 Å². The molecular formula is C12H16ClNO2S2. The van der Waals surface area contributed by atoms with E-state index >= 15 is 0 Å². The summed E-state index contributed by atoms with van der Waals surface area (Å²) >= 11 is 7.50. The molecule has 100 valence electrons. The smallest absolute Gasteiger partial charge is 0.207 e. The first-order valence-electron chi connectivity index (χ1n) is 5.80. The van der Waals surface area contributed by atoms with Crippen LogP contribution in [0.5, 0.6) is 0 Å². The van der Waals surface area contributed by atoms with Gasteiger partial charge in [0.15, 0.2) is 0 Å². The highest BCUT2D eigenvalue weighted by molar-refractivity contribution is 7.99. The summed E-state index contributed by atoms with van der Waals surface area (Å²) in [7, 11) is -3.36.